The Kier molecular flexibility index (Phi) is 9.39. The minimum Gasteiger partial charge on any atom is -0.466 e. The van der Waals surface area contributed by atoms with Crippen LogP contribution in [-0.4, -0.2) is 30.4 Å². The van der Waals surface area contributed by atoms with E-state index in [9.17, 15) is 9.59 Å². The summed E-state index contributed by atoms with van der Waals surface area (Å²) < 4.78 is 16.0. The number of aromatic nitrogens is 1. The van der Waals surface area contributed by atoms with Crippen LogP contribution in [0.5, 0.6) is 0 Å². The molecule has 4 aromatic rings. The van der Waals surface area contributed by atoms with Crippen LogP contribution in [0.25, 0.3) is 22.5 Å². The Morgan fingerprint density at radius 2 is 1.49 bits per heavy atom. The summed E-state index contributed by atoms with van der Waals surface area (Å²) in [6.45, 7) is 5.95. The van der Waals surface area contributed by atoms with E-state index in [1.54, 1.807) is 38.1 Å². The highest BCUT2D eigenvalue weighted by molar-refractivity contribution is 6.34. The Balaban J connectivity index is 1.56. The van der Waals surface area contributed by atoms with Crippen molar-refractivity contribution in [2.75, 3.05) is 18.1 Å². The summed E-state index contributed by atoms with van der Waals surface area (Å²) >= 11 is 6.46. The number of para-hydroxylation sites is 1. The molecule has 0 unspecified atom stereocenters. The Labute approximate surface area is 233 Å². The zero-order valence-electron chi connectivity index (χ0n) is 22.3. The van der Waals surface area contributed by atoms with Gasteiger partial charge in [-0.05, 0) is 62.4 Å². The minimum absolute atomic E-state index is 0.156. The van der Waals surface area contributed by atoms with Gasteiger partial charge < -0.3 is 14.0 Å². The Morgan fingerprint density at radius 3 is 2.13 bits per heavy atom. The second-order valence-corrected chi connectivity index (χ2v) is 9.27. The number of esters is 1. The van der Waals surface area contributed by atoms with Crippen LogP contribution in [0.1, 0.15) is 37.9 Å². The maximum Gasteiger partial charge on any atom is 0.419 e. The molecular weight excluding hydrogens is 516 g/mol. The summed E-state index contributed by atoms with van der Waals surface area (Å²) in [5.74, 6) is 0.278. The molecular formula is C31H31ClN2O5. The lowest BCUT2D eigenvalue weighted by atomic mass is 10.00. The van der Waals surface area contributed by atoms with E-state index < -0.39 is 6.09 Å². The van der Waals surface area contributed by atoms with Crippen molar-refractivity contribution in [2.24, 2.45) is 0 Å². The highest BCUT2D eigenvalue weighted by atomic mass is 35.5. The average molecular weight is 547 g/mol. The van der Waals surface area contributed by atoms with Gasteiger partial charge in [-0.1, -0.05) is 77.4 Å². The lowest BCUT2D eigenvalue weighted by molar-refractivity contribution is -0.143. The normalized spacial score (nSPS) is 10.8. The van der Waals surface area contributed by atoms with E-state index in [4.69, 9.17) is 25.6 Å². The van der Waals surface area contributed by atoms with Crippen molar-refractivity contribution >= 4 is 35.0 Å². The van der Waals surface area contributed by atoms with Gasteiger partial charge in [-0.15, -0.1) is 0 Å². The largest absolute Gasteiger partial charge is 0.466 e. The number of aryl methyl sites for hydroxylation is 2. The molecule has 0 saturated heterocycles. The molecule has 3 aromatic carbocycles. The molecule has 7 nitrogen and oxygen atoms in total. The van der Waals surface area contributed by atoms with Crippen LogP contribution < -0.4 is 4.90 Å². The highest BCUT2D eigenvalue weighted by Gasteiger charge is 2.30. The van der Waals surface area contributed by atoms with Gasteiger partial charge in [-0.25, -0.2) is 9.69 Å². The van der Waals surface area contributed by atoms with Gasteiger partial charge in [0.25, 0.3) is 0 Å². The molecule has 0 aliphatic rings. The van der Waals surface area contributed by atoms with E-state index >= 15 is 0 Å². The van der Waals surface area contributed by atoms with Gasteiger partial charge in [0, 0.05) is 12.0 Å². The van der Waals surface area contributed by atoms with E-state index in [-0.39, 0.29) is 12.6 Å². The Bertz CT molecular complexity index is 1410. The summed E-state index contributed by atoms with van der Waals surface area (Å²) in [4.78, 5) is 26.0. The molecule has 8 heteroatoms. The molecule has 39 heavy (non-hydrogen) atoms. The van der Waals surface area contributed by atoms with Crippen LogP contribution in [0.2, 0.25) is 5.02 Å². The van der Waals surface area contributed by atoms with Crippen molar-refractivity contribution in [1.29, 1.82) is 0 Å². The fourth-order valence-electron chi connectivity index (χ4n) is 4.30. The van der Waals surface area contributed by atoms with E-state index in [0.717, 1.165) is 29.5 Å². The van der Waals surface area contributed by atoms with Crippen LogP contribution in [0.3, 0.4) is 0 Å². The Hall–Kier alpha value is -4.10. The standard InChI is InChI=1S/C31H31ClN2O5/c1-4-37-28(35)12-8-9-22-13-15-23(16-14-22)24-17-19-25(20-18-24)30-29(21(3)33-39-30)34(31(36)38-5-2)27-11-7-6-10-26(27)32/h6-7,10-11,13-20H,4-5,8-9,12H2,1-3H3. The number of carbonyl (C=O) groups excluding carboxylic acids is 2. The predicted molar refractivity (Wildman–Crippen MR) is 152 cm³/mol. The van der Waals surface area contributed by atoms with Gasteiger partial charge in [-0.2, -0.15) is 0 Å². The summed E-state index contributed by atoms with van der Waals surface area (Å²) in [5, 5.41) is 4.55. The molecule has 0 atom stereocenters. The number of nitrogens with zero attached hydrogens (tertiary/aromatic N) is 2. The quantitative estimate of drug-likeness (QED) is 0.187. The number of ether oxygens (including phenoxy) is 2. The monoisotopic (exact) mass is 546 g/mol. The molecule has 0 spiro atoms. The summed E-state index contributed by atoms with van der Waals surface area (Å²) in [6, 6.07) is 23.2. The van der Waals surface area contributed by atoms with Gasteiger partial charge in [0.15, 0.2) is 5.76 Å². The number of amides is 1. The first kappa shape index (κ1) is 27.9. The first-order valence-corrected chi connectivity index (χ1v) is 13.3. The lowest BCUT2D eigenvalue weighted by Crippen LogP contribution is -2.27. The number of rotatable bonds is 10. The third-order valence-corrected chi connectivity index (χ3v) is 6.50. The molecule has 1 aromatic heterocycles. The third kappa shape index (κ3) is 6.67. The van der Waals surface area contributed by atoms with Gasteiger partial charge in [0.2, 0.25) is 0 Å². The van der Waals surface area contributed by atoms with Gasteiger partial charge in [0.1, 0.15) is 11.4 Å². The first-order chi connectivity index (χ1) is 18.9. The Morgan fingerprint density at radius 1 is 0.872 bits per heavy atom. The van der Waals surface area contributed by atoms with Crippen molar-refractivity contribution in [2.45, 2.75) is 40.0 Å². The van der Waals surface area contributed by atoms with Crippen LogP contribution >= 0.6 is 11.6 Å². The molecule has 0 saturated carbocycles. The molecule has 0 aliphatic heterocycles. The smallest absolute Gasteiger partial charge is 0.419 e. The fourth-order valence-corrected chi connectivity index (χ4v) is 4.52. The predicted octanol–water partition coefficient (Wildman–Crippen LogP) is 8.15. The summed E-state index contributed by atoms with van der Waals surface area (Å²) in [7, 11) is 0. The van der Waals surface area contributed by atoms with Crippen molar-refractivity contribution in [3.05, 3.63) is 89.1 Å². The zero-order chi connectivity index (χ0) is 27.8. The second kappa shape index (κ2) is 13.1. The van der Waals surface area contributed by atoms with Crippen molar-refractivity contribution in [3.63, 3.8) is 0 Å². The number of anilines is 2. The molecule has 1 heterocycles. The van der Waals surface area contributed by atoms with E-state index in [1.807, 2.05) is 31.2 Å². The minimum atomic E-state index is -0.572. The lowest BCUT2D eigenvalue weighted by Gasteiger charge is -2.23. The van der Waals surface area contributed by atoms with E-state index in [1.165, 1.54) is 10.5 Å². The first-order valence-electron chi connectivity index (χ1n) is 13.0. The molecule has 4 rings (SSSR count). The maximum atomic E-state index is 13.1. The molecule has 0 aliphatic carbocycles. The topological polar surface area (TPSA) is 81.9 Å². The number of benzene rings is 3. The molecule has 202 valence electrons. The number of halogens is 1. The number of carbonyl (C=O) groups is 2. The van der Waals surface area contributed by atoms with E-state index in [0.29, 0.717) is 40.9 Å². The van der Waals surface area contributed by atoms with Crippen LogP contribution in [0.15, 0.2) is 77.3 Å². The molecule has 0 N–H and O–H groups in total. The molecule has 0 fully saturated rings. The third-order valence-electron chi connectivity index (χ3n) is 6.19. The van der Waals surface area contributed by atoms with Crippen LogP contribution in [0.4, 0.5) is 16.2 Å². The number of hydrogen-bond acceptors (Lipinski definition) is 6. The van der Waals surface area contributed by atoms with Crippen molar-refractivity contribution in [1.82, 2.24) is 5.16 Å². The fraction of sp³-hybridized carbons (Fsp3) is 0.258. The average Bonchev–Trinajstić information content (AvgIpc) is 3.31. The van der Waals surface area contributed by atoms with Gasteiger partial charge in [0.05, 0.1) is 23.9 Å². The van der Waals surface area contributed by atoms with Gasteiger partial charge in [-0.3, -0.25) is 4.79 Å². The summed E-state index contributed by atoms with van der Waals surface area (Å²) in [6.07, 6.45) is 1.42. The maximum absolute atomic E-state index is 13.1. The van der Waals surface area contributed by atoms with Crippen molar-refractivity contribution < 1.29 is 23.6 Å². The number of hydrogen-bond donors (Lipinski definition) is 0. The van der Waals surface area contributed by atoms with Crippen LogP contribution in [-0.2, 0) is 20.7 Å². The van der Waals surface area contributed by atoms with E-state index in [2.05, 4.69) is 29.4 Å². The molecule has 0 bridgehead atoms. The summed E-state index contributed by atoms with van der Waals surface area (Å²) in [5.41, 5.74) is 5.49. The SMILES string of the molecule is CCOC(=O)CCCc1ccc(-c2ccc(-c3onc(C)c3N(C(=O)OCC)c3ccccc3Cl)cc2)cc1. The highest BCUT2D eigenvalue weighted by Crippen LogP contribution is 2.41. The molecule has 0 radical (unpaired) electrons. The zero-order valence-corrected chi connectivity index (χ0v) is 23.0. The van der Waals surface area contributed by atoms with Crippen molar-refractivity contribution in [3.8, 4) is 22.5 Å². The second-order valence-electron chi connectivity index (χ2n) is 8.86. The van der Waals surface area contributed by atoms with Gasteiger partial charge >= 0.3 is 12.1 Å². The molecule has 1 amide bonds. The van der Waals surface area contributed by atoms with Crippen LogP contribution in [0, 0.1) is 6.92 Å².